The number of carbonyl (C=O) groups is 1. The molecular weight excluding hydrogens is 316 g/mol. The highest BCUT2D eigenvalue weighted by Gasteiger charge is 2.31. The van der Waals surface area contributed by atoms with Crippen LogP contribution < -0.4 is 9.04 Å². The number of ether oxygens (including phenoxy) is 1. The van der Waals surface area contributed by atoms with Gasteiger partial charge in [0.2, 0.25) is 5.88 Å². The Bertz CT molecular complexity index is 860. The maximum absolute atomic E-state index is 12.9. The van der Waals surface area contributed by atoms with Crippen molar-refractivity contribution in [2.75, 3.05) is 17.5 Å². The summed E-state index contributed by atoms with van der Waals surface area (Å²) in [6, 6.07) is 8.15. The van der Waals surface area contributed by atoms with Gasteiger partial charge in [-0.2, -0.15) is 0 Å². The molecule has 0 fully saturated rings. The number of Topliss-reactive ketones (excluding diaryl/α,β-unsaturated/α-hetero) is 1. The molecule has 6 nitrogen and oxygen atoms in total. The van der Waals surface area contributed by atoms with Gasteiger partial charge in [0, 0.05) is 11.8 Å². The summed E-state index contributed by atoms with van der Waals surface area (Å²) >= 11 is 0. The van der Waals surface area contributed by atoms with Gasteiger partial charge in [0.25, 0.3) is 10.0 Å². The Morgan fingerprint density at radius 3 is 2.61 bits per heavy atom. The molecule has 2 aromatic rings. The number of pyridine rings is 1. The lowest BCUT2D eigenvalue weighted by atomic mass is 10.2. The van der Waals surface area contributed by atoms with Crippen LogP contribution >= 0.6 is 0 Å². The van der Waals surface area contributed by atoms with E-state index in [2.05, 4.69) is 4.98 Å². The fourth-order valence-corrected chi connectivity index (χ4v) is 3.79. The van der Waals surface area contributed by atoms with Gasteiger partial charge in [0.1, 0.15) is 12.3 Å². The van der Waals surface area contributed by atoms with E-state index in [1.165, 1.54) is 23.5 Å². The van der Waals surface area contributed by atoms with E-state index in [1.807, 2.05) is 6.92 Å². The molecule has 0 amide bonds. The quantitative estimate of drug-likeness (QED) is 0.805. The Morgan fingerprint density at radius 1 is 1.26 bits per heavy atom. The first-order chi connectivity index (χ1) is 10.9. The number of carbonyl (C=O) groups excluding carboxylic acids is 1. The first-order valence-corrected chi connectivity index (χ1v) is 8.57. The molecule has 7 heteroatoms. The number of fused-ring (bicyclic) bond motifs is 1. The van der Waals surface area contributed by atoms with Crippen molar-refractivity contribution in [3.63, 3.8) is 0 Å². The molecule has 1 aliphatic rings. The molecule has 1 aromatic carbocycles. The minimum atomic E-state index is -3.73. The number of rotatable bonds is 3. The lowest BCUT2D eigenvalue weighted by molar-refractivity contribution is 0.101. The molecule has 0 bridgehead atoms. The number of ketones is 1. The third-order valence-electron chi connectivity index (χ3n) is 3.65. The second-order valence-electron chi connectivity index (χ2n) is 5.34. The largest absolute Gasteiger partial charge is 0.474 e. The number of hydrogen-bond acceptors (Lipinski definition) is 5. The van der Waals surface area contributed by atoms with Crippen molar-refractivity contribution in [1.29, 1.82) is 0 Å². The smallest absolute Gasteiger partial charge is 0.264 e. The van der Waals surface area contributed by atoms with Crippen molar-refractivity contribution in [3.05, 3.63) is 47.7 Å². The zero-order valence-corrected chi connectivity index (χ0v) is 13.6. The SMILES string of the molecule is CC(=O)c1cnc2c(c1)N(S(=O)(=O)c1ccc(C)cc1)CCO2. The van der Waals surface area contributed by atoms with E-state index in [4.69, 9.17) is 4.74 Å². The van der Waals surface area contributed by atoms with Crippen LogP contribution in [0.25, 0.3) is 0 Å². The maximum Gasteiger partial charge on any atom is 0.264 e. The second kappa shape index (κ2) is 5.66. The number of aromatic nitrogens is 1. The van der Waals surface area contributed by atoms with Crippen LogP contribution in [0, 0.1) is 6.92 Å². The van der Waals surface area contributed by atoms with Crippen molar-refractivity contribution < 1.29 is 17.9 Å². The molecule has 1 aromatic heterocycles. The van der Waals surface area contributed by atoms with Gasteiger partial charge in [-0.3, -0.25) is 9.10 Å². The predicted molar refractivity (Wildman–Crippen MR) is 85.4 cm³/mol. The molecule has 0 radical (unpaired) electrons. The van der Waals surface area contributed by atoms with Crippen LogP contribution in [0.1, 0.15) is 22.8 Å². The van der Waals surface area contributed by atoms with Crippen molar-refractivity contribution >= 4 is 21.5 Å². The number of nitrogens with zero attached hydrogens (tertiary/aromatic N) is 2. The highest BCUT2D eigenvalue weighted by molar-refractivity contribution is 7.92. The van der Waals surface area contributed by atoms with Crippen molar-refractivity contribution in [3.8, 4) is 5.88 Å². The molecule has 2 heterocycles. The fraction of sp³-hybridized carbons (Fsp3) is 0.250. The summed E-state index contributed by atoms with van der Waals surface area (Å²) < 4.78 is 32.5. The molecule has 0 saturated heterocycles. The van der Waals surface area contributed by atoms with Crippen LogP contribution in [0.2, 0.25) is 0 Å². The zero-order valence-electron chi connectivity index (χ0n) is 12.8. The number of sulfonamides is 1. The maximum atomic E-state index is 12.9. The summed E-state index contributed by atoms with van der Waals surface area (Å²) in [7, 11) is -3.73. The third-order valence-corrected chi connectivity index (χ3v) is 5.48. The average molecular weight is 332 g/mol. The van der Waals surface area contributed by atoms with Crippen LogP contribution in [0.4, 0.5) is 5.69 Å². The van der Waals surface area contributed by atoms with E-state index in [1.54, 1.807) is 24.3 Å². The summed E-state index contributed by atoms with van der Waals surface area (Å²) in [5.74, 6) is 0.0375. The van der Waals surface area contributed by atoms with Crippen molar-refractivity contribution in [1.82, 2.24) is 4.98 Å². The van der Waals surface area contributed by atoms with Gasteiger partial charge in [-0.1, -0.05) is 17.7 Å². The molecular formula is C16H16N2O4S. The first-order valence-electron chi connectivity index (χ1n) is 7.13. The van der Waals surface area contributed by atoms with Gasteiger partial charge >= 0.3 is 0 Å². The van der Waals surface area contributed by atoms with E-state index >= 15 is 0 Å². The van der Waals surface area contributed by atoms with E-state index in [9.17, 15) is 13.2 Å². The summed E-state index contributed by atoms with van der Waals surface area (Å²) in [5.41, 5.74) is 1.62. The summed E-state index contributed by atoms with van der Waals surface area (Å²) in [6.07, 6.45) is 1.39. The van der Waals surface area contributed by atoms with Crippen LogP contribution in [-0.4, -0.2) is 32.3 Å². The van der Waals surface area contributed by atoms with Crippen molar-refractivity contribution in [2.45, 2.75) is 18.7 Å². The topological polar surface area (TPSA) is 76.6 Å². The molecule has 3 rings (SSSR count). The highest BCUT2D eigenvalue weighted by Crippen LogP contribution is 2.34. The Labute approximate surface area is 134 Å². The van der Waals surface area contributed by atoms with E-state index in [0.29, 0.717) is 11.3 Å². The summed E-state index contributed by atoms with van der Waals surface area (Å²) in [4.78, 5) is 15.8. The van der Waals surface area contributed by atoms with Gasteiger partial charge in [-0.25, -0.2) is 13.4 Å². The van der Waals surface area contributed by atoms with Crippen LogP contribution in [-0.2, 0) is 10.0 Å². The van der Waals surface area contributed by atoms with Crippen LogP contribution in [0.15, 0.2) is 41.4 Å². The average Bonchev–Trinajstić information content (AvgIpc) is 2.54. The van der Waals surface area contributed by atoms with E-state index in [-0.39, 0.29) is 29.7 Å². The van der Waals surface area contributed by atoms with Gasteiger partial charge < -0.3 is 4.74 Å². The molecule has 23 heavy (non-hydrogen) atoms. The Hall–Kier alpha value is -2.41. The van der Waals surface area contributed by atoms with Gasteiger partial charge in [0.15, 0.2) is 5.78 Å². The predicted octanol–water partition coefficient (Wildman–Crippen LogP) is 2.18. The molecule has 0 spiro atoms. The van der Waals surface area contributed by atoms with Crippen molar-refractivity contribution in [2.24, 2.45) is 0 Å². The van der Waals surface area contributed by atoms with Crippen LogP contribution in [0.3, 0.4) is 0 Å². The van der Waals surface area contributed by atoms with Gasteiger partial charge in [0.05, 0.1) is 11.4 Å². The first kappa shape index (κ1) is 15.5. The molecule has 120 valence electrons. The standard InChI is InChI=1S/C16H16N2O4S/c1-11-3-5-14(6-4-11)23(20,21)18-7-8-22-16-15(18)9-13(10-17-16)12(2)19/h3-6,9-10H,7-8H2,1-2H3. The normalized spacial score (nSPS) is 14.1. The van der Waals surface area contributed by atoms with E-state index < -0.39 is 10.0 Å². The summed E-state index contributed by atoms with van der Waals surface area (Å²) in [6.45, 7) is 3.69. The lowest BCUT2D eigenvalue weighted by Gasteiger charge is -2.29. The highest BCUT2D eigenvalue weighted by atomic mass is 32.2. The molecule has 0 saturated carbocycles. The number of aryl methyl sites for hydroxylation is 1. The molecule has 1 aliphatic heterocycles. The minimum absolute atomic E-state index is 0.173. The number of anilines is 1. The molecule has 0 aliphatic carbocycles. The van der Waals surface area contributed by atoms with E-state index in [0.717, 1.165) is 5.56 Å². The zero-order chi connectivity index (χ0) is 16.6. The number of hydrogen-bond donors (Lipinski definition) is 0. The Balaban J connectivity index is 2.10. The fourth-order valence-electron chi connectivity index (χ4n) is 2.36. The van der Waals surface area contributed by atoms with Crippen LogP contribution in [0.5, 0.6) is 5.88 Å². The lowest BCUT2D eigenvalue weighted by Crippen LogP contribution is -2.38. The monoisotopic (exact) mass is 332 g/mol. The third kappa shape index (κ3) is 2.79. The Kier molecular flexibility index (Phi) is 3.81. The number of benzene rings is 1. The molecule has 0 N–H and O–H groups in total. The second-order valence-corrected chi connectivity index (χ2v) is 7.21. The van der Waals surface area contributed by atoms with Gasteiger partial charge in [-0.05, 0) is 32.0 Å². The Morgan fingerprint density at radius 2 is 1.96 bits per heavy atom. The summed E-state index contributed by atoms with van der Waals surface area (Å²) in [5, 5.41) is 0. The molecule has 0 unspecified atom stereocenters. The molecule has 0 atom stereocenters. The minimum Gasteiger partial charge on any atom is -0.474 e. The van der Waals surface area contributed by atoms with Gasteiger partial charge in [-0.15, -0.1) is 0 Å².